The minimum Gasteiger partial charge on any atom is -0.508 e. The average molecular weight is 540 g/mol. The fourth-order valence-electron chi connectivity index (χ4n) is 3.56. The number of phenols is 1. The first-order valence-corrected chi connectivity index (χ1v) is 10.4. The summed E-state index contributed by atoms with van der Waals surface area (Å²) in [5.74, 6) is 2.95. The van der Waals surface area contributed by atoms with Crippen LogP contribution in [-0.4, -0.2) is 67.8 Å². The Hall–Kier alpha value is -2.20. The molecular weight excluding hydrogens is 507 g/mol. The van der Waals surface area contributed by atoms with Crippen LogP contribution in [0.3, 0.4) is 0 Å². The predicted octanol–water partition coefficient (Wildman–Crippen LogP) is 3.31. The Morgan fingerprint density at radius 3 is 2.35 bits per heavy atom. The number of halogens is 1. The monoisotopic (exact) mass is 540 g/mol. The quantitative estimate of drug-likeness (QED) is 0.319. The minimum atomic E-state index is 0. The van der Waals surface area contributed by atoms with Gasteiger partial charge in [-0.25, -0.2) is 4.99 Å². The summed E-state index contributed by atoms with van der Waals surface area (Å²) >= 11 is 0. The summed E-state index contributed by atoms with van der Waals surface area (Å²) in [7, 11) is 3.39. The lowest BCUT2D eigenvalue weighted by atomic mass is 10.1. The third-order valence-electron chi connectivity index (χ3n) is 5.24. The van der Waals surface area contributed by atoms with Gasteiger partial charge in [0.15, 0.2) is 5.96 Å². The molecule has 170 valence electrons. The van der Waals surface area contributed by atoms with E-state index in [1.54, 1.807) is 26.4 Å². The van der Waals surface area contributed by atoms with Gasteiger partial charge in [-0.3, -0.25) is 4.90 Å². The fraction of sp³-hybridized carbons (Fsp3) is 0.435. The molecule has 1 heterocycles. The number of phenolic OH excluding ortho intramolecular Hbond substituents is 1. The van der Waals surface area contributed by atoms with Gasteiger partial charge in [0.2, 0.25) is 0 Å². The van der Waals surface area contributed by atoms with Gasteiger partial charge in [0.1, 0.15) is 17.2 Å². The van der Waals surface area contributed by atoms with Gasteiger partial charge in [0.25, 0.3) is 0 Å². The smallest absolute Gasteiger partial charge is 0.194 e. The van der Waals surface area contributed by atoms with Crippen molar-refractivity contribution >= 4 is 29.9 Å². The number of ether oxygens (including phenoxy) is 2. The van der Waals surface area contributed by atoms with Gasteiger partial charge in [-0.1, -0.05) is 12.1 Å². The van der Waals surface area contributed by atoms with Gasteiger partial charge >= 0.3 is 0 Å². The third kappa shape index (κ3) is 7.17. The highest BCUT2D eigenvalue weighted by atomic mass is 127. The van der Waals surface area contributed by atoms with Crippen molar-refractivity contribution in [1.82, 2.24) is 15.1 Å². The molecule has 2 aromatic rings. The number of nitrogens with one attached hydrogen (secondary N) is 1. The zero-order valence-corrected chi connectivity index (χ0v) is 20.8. The van der Waals surface area contributed by atoms with Crippen molar-refractivity contribution < 1.29 is 14.6 Å². The summed E-state index contributed by atoms with van der Waals surface area (Å²) in [6.07, 6.45) is 0. The number of benzene rings is 2. The maximum atomic E-state index is 9.44. The second-order valence-corrected chi connectivity index (χ2v) is 7.28. The van der Waals surface area contributed by atoms with E-state index in [2.05, 4.69) is 22.0 Å². The first-order valence-electron chi connectivity index (χ1n) is 10.4. The van der Waals surface area contributed by atoms with E-state index in [9.17, 15) is 5.11 Å². The maximum absolute atomic E-state index is 9.44. The molecule has 8 heteroatoms. The van der Waals surface area contributed by atoms with Crippen molar-refractivity contribution in [3.63, 3.8) is 0 Å². The van der Waals surface area contributed by atoms with Crippen LogP contribution in [0, 0.1) is 0 Å². The van der Waals surface area contributed by atoms with Gasteiger partial charge in [0.05, 0.1) is 20.8 Å². The highest BCUT2D eigenvalue weighted by molar-refractivity contribution is 14.0. The highest BCUT2D eigenvalue weighted by Crippen LogP contribution is 2.25. The number of methoxy groups -OCH3 is 2. The average Bonchev–Trinajstić information content (AvgIpc) is 2.78. The number of hydrogen-bond acceptors (Lipinski definition) is 5. The van der Waals surface area contributed by atoms with Gasteiger partial charge < -0.3 is 24.8 Å². The Bertz CT molecular complexity index is 837. The number of aliphatic imine (C=N–C) groups is 1. The van der Waals surface area contributed by atoms with Gasteiger partial charge in [0, 0.05) is 44.8 Å². The fourth-order valence-corrected chi connectivity index (χ4v) is 3.56. The predicted molar refractivity (Wildman–Crippen MR) is 135 cm³/mol. The van der Waals surface area contributed by atoms with E-state index in [-0.39, 0.29) is 29.7 Å². The van der Waals surface area contributed by atoms with Crippen LogP contribution < -0.4 is 14.8 Å². The summed E-state index contributed by atoms with van der Waals surface area (Å²) in [5, 5.41) is 12.8. The molecule has 2 N–H and O–H groups in total. The Morgan fingerprint density at radius 1 is 1.03 bits per heavy atom. The number of guanidine groups is 1. The van der Waals surface area contributed by atoms with E-state index in [0.29, 0.717) is 6.54 Å². The number of piperazine rings is 1. The molecule has 1 aliphatic heterocycles. The molecule has 0 aromatic heterocycles. The Kier molecular flexibility index (Phi) is 10.2. The van der Waals surface area contributed by atoms with Gasteiger partial charge in [-0.05, 0) is 42.8 Å². The molecule has 0 amide bonds. The Morgan fingerprint density at radius 2 is 1.74 bits per heavy atom. The second kappa shape index (κ2) is 12.6. The van der Waals surface area contributed by atoms with Crippen LogP contribution in [0.25, 0.3) is 0 Å². The molecule has 7 nitrogen and oxygen atoms in total. The number of hydrogen-bond donors (Lipinski definition) is 2. The summed E-state index contributed by atoms with van der Waals surface area (Å²) < 4.78 is 10.9. The van der Waals surface area contributed by atoms with Crippen molar-refractivity contribution in [2.75, 3.05) is 46.9 Å². The molecule has 0 unspecified atom stereocenters. The Balaban J connectivity index is 0.00000341. The van der Waals surface area contributed by atoms with Crippen LogP contribution in [0.1, 0.15) is 18.1 Å². The topological polar surface area (TPSA) is 69.6 Å². The number of aromatic hydroxyl groups is 1. The van der Waals surface area contributed by atoms with Crippen molar-refractivity contribution in [3.8, 4) is 17.2 Å². The molecule has 1 fully saturated rings. The van der Waals surface area contributed by atoms with E-state index >= 15 is 0 Å². The number of nitrogens with zero attached hydrogens (tertiary/aromatic N) is 3. The molecule has 0 aliphatic carbocycles. The van der Waals surface area contributed by atoms with Crippen LogP contribution in [-0.2, 0) is 13.1 Å². The third-order valence-corrected chi connectivity index (χ3v) is 5.24. The zero-order chi connectivity index (χ0) is 21.3. The van der Waals surface area contributed by atoms with E-state index in [1.807, 2.05) is 30.3 Å². The highest BCUT2D eigenvalue weighted by Gasteiger charge is 2.20. The molecule has 0 saturated carbocycles. The minimum absolute atomic E-state index is 0. The molecule has 1 saturated heterocycles. The van der Waals surface area contributed by atoms with Crippen LogP contribution in [0.15, 0.2) is 47.5 Å². The summed E-state index contributed by atoms with van der Waals surface area (Å²) in [5.41, 5.74) is 2.21. The van der Waals surface area contributed by atoms with E-state index < -0.39 is 0 Å². The van der Waals surface area contributed by atoms with Gasteiger partial charge in [-0.15, -0.1) is 24.0 Å². The van der Waals surface area contributed by atoms with E-state index in [1.165, 1.54) is 0 Å². The van der Waals surface area contributed by atoms with Crippen LogP contribution in [0.5, 0.6) is 17.2 Å². The Labute approximate surface area is 202 Å². The summed E-state index contributed by atoms with van der Waals surface area (Å²) in [4.78, 5) is 9.53. The van der Waals surface area contributed by atoms with Crippen molar-refractivity contribution in [3.05, 3.63) is 53.6 Å². The SMILES string of the molecule is CCNC(=NCc1ccc(O)cc1)N1CCN(Cc2cc(OC)ccc2OC)CC1.I. The van der Waals surface area contributed by atoms with Crippen LogP contribution in [0.4, 0.5) is 0 Å². The summed E-state index contributed by atoms with van der Waals surface area (Å²) in [6.45, 7) is 8.05. The van der Waals surface area contributed by atoms with Crippen molar-refractivity contribution in [2.24, 2.45) is 4.99 Å². The van der Waals surface area contributed by atoms with E-state index in [0.717, 1.165) is 67.9 Å². The lowest BCUT2D eigenvalue weighted by molar-refractivity contribution is 0.171. The second-order valence-electron chi connectivity index (χ2n) is 7.28. The standard InChI is InChI=1S/C23H32N4O3.HI/c1-4-24-23(25-16-18-5-7-20(28)8-6-18)27-13-11-26(12-14-27)17-19-15-21(29-2)9-10-22(19)30-3;/h5-10,15,28H,4,11-14,16-17H2,1-3H3,(H,24,25);1H. The summed E-state index contributed by atoms with van der Waals surface area (Å²) in [6, 6.07) is 13.1. The largest absolute Gasteiger partial charge is 0.508 e. The molecule has 0 bridgehead atoms. The van der Waals surface area contributed by atoms with Crippen LogP contribution in [0.2, 0.25) is 0 Å². The lowest BCUT2D eigenvalue weighted by Gasteiger charge is -2.36. The molecule has 0 radical (unpaired) electrons. The molecule has 0 atom stereocenters. The van der Waals surface area contributed by atoms with Crippen molar-refractivity contribution in [1.29, 1.82) is 0 Å². The molecule has 3 rings (SSSR count). The molecule has 2 aromatic carbocycles. The molecular formula is C23H33IN4O3. The molecule has 31 heavy (non-hydrogen) atoms. The van der Waals surface area contributed by atoms with Crippen LogP contribution >= 0.6 is 24.0 Å². The lowest BCUT2D eigenvalue weighted by Crippen LogP contribution is -2.52. The number of rotatable bonds is 7. The normalized spacial score (nSPS) is 14.7. The van der Waals surface area contributed by atoms with Gasteiger partial charge in [-0.2, -0.15) is 0 Å². The maximum Gasteiger partial charge on any atom is 0.194 e. The van der Waals surface area contributed by atoms with E-state index in [4.69, 9.17) is 14.5 Å². The molecule has 0 spiro atoms. The first kappa shape index (κ1) is 25.1. The molecule has 1 aliphatic rings. The van der Waals surface area contributed by atoms with Crippen molar-refractivity contribution in [2.45, 2.75) is 20.0 Å². The first-order chi connectivity index (χ1) is 14.6. The zero-order valence-electron chi connectivity index (χ0n) is 18.5.